The Morgan fingerprint density at radius 2 is 1.69 bits per heavy atom. The van der Waals surface area contributed by atoms with E-state index in [-0.39, 0.29) is 57.7 Å². The summed E-state index contributed by atoms with van der Waals surface area (Å²) in [5.74, 6) is -0.529. The highest BCUT2D eigenvalue weighted by Crippen LogP contribution is 2.78. The number of halogens is 4. The molecule has 3 N–H and O–H groups in total. The lowest BCUT2D eigenvalue weighted by atomic mass is 9.32. The Kier molecular flexibility index (Phi) is 9.70. The molecule has 10 rings (SSSR count). The number of fused-ring (bicyclic) bond motifs is 1. The minimum absolute atomic E-state index is 0.000491. The fraction of sp³-hybridized carbons (Fsp3) is 0.447. The minimum Gasteiger partial charge on any atom is -0.453 e. The average molecular weight is 845 g/mol. The van der Waals surface area contributed by atoms with E-state index in [0.717, 1.165) is 23.4 Å². The zero-order valence-corrected chi connectivity index (χ0v) is 34.6. The molecule has 7 nitrogen and oxygen atoms in total. The maximum atomic E-state index is 15.2. The van der Waals surface area contributed by atoms with Gasteiger partial charge in [0.25, 0.3) is 0 Å². The third-order valence-electron chi connectivity index (χ3n) is 15.3. The van der Waals surface area contributed by atoms with Crippen molar-refractivity contribution in [1.29, 1.82) is 0 Å². The van der Waals surface area contributed by atoms with Gasteiger partial charge in [-0.15, -0.1) is 11.3 Å². The number of Topliss-reactive ketones (excluding diaryl/α,β-unsaturated/α-hetero) is 1. The second kappa shape index (κ2) is 14.2. The van der Waals surface area contributed by atoms with Gasteiger partial charge in [0.2, 0.25) is 5.78 Å². The normalized spacial score (nSPS) is 33.2. The van der Waals surface area contributed by atoms with Crippen LogP contribution in [0.15, 0.2) is 106 Å². The first-order chi connectivity index (χ1) is 28.0. The molecule has 3 saturated carbocycles. The standard InChI is InChI=1S/C47H48ClF3N2O5S/c1-42-18-14-31(54)26-44(42)21-22-46(34(27-44)40(55)37-13-12-36(58-37)33-25-29(47(49,50)51)10-11-35(33)48)38(42)15-19-43(2)39(46)16-20-45(43,57)28-53(23-17-32-9-6-24-59-32)41(56)52-30-7-4-3-5-8-30/h3-13,21-22,24-25,27,31,38-39,54,57H,14-20,23,26,28H2,1-2H3,(H,52,56)/t31?,38-,39-,42-,43+,44+,45-,46-/m1/s1. The number of allylic oxidation sites excluding steroid dienone is 4. The second-order valence-electron chi connectivity index (χ2n) is 18.0. The molecule has 0 radical (unpaired) electrons. The van der Waals surface area contributed by atoms with E-state index in [2.05, 4.69) is 37.4 Å². The van der Waals surface area contributed by atoms with Gasteiger partial charge in [-0.25, -0.2) is 4.79 Å². The molecule has 2 aromatic carbocycles. The Hall–Kier alpha value is -4.16. The quantitative estimate of drug-likeness (QED) is 0.115. The number of alkyl halides is 3. The van der Waals surface area contributed by atoms with E-state index in [4.69, 9.17) is 16.0 Å². The Bertz CT molecular complexity index is 2350. The molecule has 2 aromatic heterocycles. The maximum Gasteiger partial charge on any atom is 0.416 e. The Morgan fingerprint density at radius 1 is 0.949 bits per heavy atom. The van der Waals surface area contributed by atoms with E-state index in [9.17, 15) is 28.2 Å². The zero-order chi connectivity index (χ0) is 41.6. The monoisotopic (exact) mass is 844 g/mol. The molecule has 310 valence electrons. The highest BCUT2D eigenvalue weighted by Gasteiger charge is 2.74. The molecular formula is C47H48ClF3N2O5S. The number of rotatable bonds is 9. The molecular weight excluding hydrogens is 797 g/mol. The van der Waals surface area contributed by atoms with Crippen molar-refractivity contribution in [2.24, 2.45) is 33.5 Å². The van der Waals surface area contributed by atoms with Crippen LogP contribution >= 0.6 is 22.9 Å². The Balaban J connectivity index is 1.09. The van der Waals surface area contributed by atoms with Gasteiger partial charge in [0, 0.05) is 44.5 Å². The van der Waals surface area contributed by atoms with Gasteiger partial charge in [0.05, 0.1) is 28.8 Å². The summed E-state index contributed by atoms with van der Waals surface area (Å²) in [6.07, 6.45) is 6.27. The van der Waals surface area contributed by atoms with Crippen molar-refractivity contribution in [2.75, 3.05) is 18.4 Å². The van der Waals surface area contributed by atoms with Crippen LogP contribution in [0.1, 0.15) is 79.8 Å². The number of hydrogen-bond acceptors (Lipinski definition) is 6. The van der Waals surface area contributed by atoms with E-state index in [1.54, 1.807) is 16.2 Å². The molecule has 1 unspecified atom stereocenters. The van der Waals surface area contributed by atoms with Crippen LogP contribution in [-0.2, 0) is 12.6 Å². The number of ketones is 1. The largest absolute Gasteiger partial charge is 0.453 e. The number of nitrogens with one attached hydrogen (secondary N) is 1. The average Bonchev–Trinajstić information content (AvgIpc) is 3.97. The van der Waals surface area contributed by atoms with Gasteiger partial charge in [0.1, 0.15) is 5.76 Å². The summed E-state index contributed by atoms with van der Waals surface area (Å²) < 4.78 is 47.3. The molecule has 8 atom stereocenters. The summed E-state index contributed by atoms with van der Waals surface area (Å²) >= 11 is 8.03. The number of aliphatic hydroxyl groups excluding tert-OH is 1. The fourth-order valence-corrected chi connectivity index (χ4v) is 13.1. The van der Waals surface area contributed by atoms with Crippen molar-refractivity contribution >= 4 is 40.4 Å². The van der Waals surface area contributed by atoms with Gasteiger partial charge >= 0.3 is 12.2 Å². The molecule has 2 spiro atoms. The minimum atomic E-state index is -4.60. The van der Waals surface area contributed by atoms with Gasteiger partial charge in [-0.1, -0.05) is 67.9 Å². The predicted octanol–water partition coefficient (Wildman–Crippen LogP) is 11.2. The smallest absolute Gasteiger partial charge is 0.416 e. The molecule has 12 heteroatoms. The van der Waals surface area contributed by atoms with Crippen LogP contribution in [0.25, 0.3) is 11.3 Å². The molecule has 6 aliphatic rings. The molecule has 2 bridgehead atoms. The fourth-order valence-electron chi connectivity index (χ4n) is 12.2. The van der Waals surface area contributed by atoms with Crippen molar-refractivity contribution < 1.29 is 37.4 Å². The first-order valence-electron chi connectivity index (χ1n) is 20.5. The van der Waals surface area contributed by atoms with Gasteiger partial charge in [-0.05, 0) is 123 Å². The van der Waals surface area contributed by atoms with E-state index >= 15 is 4.79 Å². The third-order valence-corrected chi connectivity index (χ3v) is 16.6. The number of carbonyl (C=O) groups excluding carboxylic acids is 2. The van der Waals surface area contributed by atoms with E-state index < -0.39 is 39.7 Å². The lowest BCUT2D eigenvalue weighted by Gasteiger charge is -2.71. The van der Waals surface area contributed by atoms with Crippen molar-refractivity contribution in [3.63, 3.8) is 0 Å². The van der Waals surface area contributed by atoms with Gasteiger partial charge in [-0.2, -0.15) is 13.2 Å². The predicted molar refractivity (Wildman–Crippen MR) is 222 cm³/mol. The van der Waals surface area contributed by atoms with Crippen LogP contribution in [0.3, 0.4) is 0 Å². The zero-order valence-electron chi connectivity index (χ0n) is 33.0. The summed E-state index contributed by atoms with van der Waals surface area (Å²) in [4.78, 5) is 32.1. The van der Waals surface area contributed by atoms with Crippen LogP contribution in [0.2, 0.25) is 5.02 Å². The van der Waals surface area contributed by atoms with Crippen LogP contribution in [0, 0.1) is 33.5 Å². The molecule has 4 aromatic rings. The number of para-hydroxylation sites is 1. The van der Waals surface area contributed by atoms with Crippen molar-refractivity contribution in [3.8, 4) is 11.3 Å². The number of urea groups is 1. The van der Waals surface area contributed by atoms with E-state index in [1.807, 2.05) is 47.8 Å². The lowest BCUT2D eigenvalue weighted by molar-refractivity contribution is -0.174. The van der Waals surface area contributed by atoms with Crippen LogP contribution in [0.5, 0.6) is 0 Å². The second-order valence-corrected chi connectivity index (χ2v) is 19.5. The van der Waals surface area contributed by atoms with E-state index in [1.165, 1.54) is 18.2 Å². The van der Waals surface area contributed by atoms with Crippen molar-refractivity contribution in [2.45, 2.75) is 83.1 Å². The summed E-state index contributed by atoms with van der Waals surface area (Å²) in [5.41, 5.74) is -3.36. The number of furan rings is 1. The summed E-state index contributed by atoms with van der Waals surface area (Å²) in [7, 11) is 0. The molecule has 6 aliphatic carbocycles. The van der Waals surface area contributed by atoms with Crippen LogP contribution in [0.4, 0.5) is 23.7 Å². The lowest BCUT2D eigenvalue weighted by Crippen LogP contribution is -2.67. The topological polar surface area (TPSA) is 103 Å². The van der Waals surface area contributed by atoms with Crippen molar-refractivity contribution in [3.05, 3.63) is 123 Å². The van der Waals surface area contributed by atoms with Crippen LogP contribution < -0.4 is 5.32 Å². The summed E-state index contributed by atoms with van der Waals surface area (Å²) in [5, 5.41) is 29.3. The summed E-state index contributed by atoms with van der Waals surface area (Å²) in [6.45, 7) is 4.93. The molecule has 0 saturated heterocycles. The van der Waals surface area contributed by atoms with Crippen molar-refractivity contribution in [1.82, 2.24) is 4.90 Å². The Morgan fingerprint density at radius 3 is 2.44 bits per heavy atom. The number of thiophene rings is 1. The number of anilines is 1. The number of amides is 2. The third kappa shape index (κ3) is 6.28. The van der Waals surface area contributed by atoms with Gasteiger partial charge in [-0.3, -0.25) is 4.79 Å². The highest BCUT2D eigenvalue weighted by molar-refractivity contribution is 7.09. The number of hydrogen-bond donors (Lipinski definition) is 3. The Labute approximate surface area is 351 Å². The molecule has 3 fully saturated rings. The van der Waals surface area contributed by atoms with E-state index in [0.29, 0.717) is 62.8 Å². The molecule has 59 heavy (non-hydrogen) atoms. The van der Waals surface area contributed by atoms with Crippen LogP contribution in [-0.4, -0.2) is 51.7 Å². The van der Waals surface area contributed by atoms with Gasteiger partial charge < -0.3 is 24.8 Å². The first-order valence-corrected chi connectivity index (χ1v) is 21.8. The maximum absolute atomic E-state index is 15.2. The number of nitrogens with zero attached hydrogens (tertiary/aromatic N) is 1. The molecule has 2 heterocycles. The number of carbonyl (C=O) groups is 2. The SMILES string of the molecule is C[C@]12CC[C@H]3[C@]4(C=C[C@@]5(C=C4C(=O)c4ccc(-c6cc(C(F)(F)F)ccc6Cl)o4)CC(O)CC[C@]35C)[C@@H]1CC[C@@]2(O)CN(CCc1cccs1)C(=O)Nc1ccccc1. The first kappa shape index (κ1) is 40.3. The highest BCUT2D eigenvalue weighted by atomic mass is 35.5. The molecule has 2 amide bonds. The number of benzene rings is 2. The summed E-state index contributed by atoms with van der Waals surface area (Å²) in [6, 6.07) is 19.0. The molecule has 0 aliphatic heterocycles. The van der Waals surface area contributed by atoms with Gasteiger partial charge in [0.15, 0.2) is 5.76 Å². The number of aliphatic hydroxyl groups is 2.